The van der Waals surface area contributed by atoms with Crippen molar-refractivity contribution in [3.05, 3.63) is 0 Å². The third-order valence-electron chi connectivity index (χ3n) is 4.43. The molecule has 19 heavy (non-hydrogen) atoms. The van der Waals surface area contributed by atoms with Gasteiger partial charge in [-0.05, 0) is 40.4 Å². The van der Waals surface area contributed by atoms with Crippen LogP contribution in [0.1, 0.15) is 46.0 Å². The minimum atomic E-state index is -0.595. The van der Waals surface area contributed by atoms with E-state index in [2.05, 4.69) is 37.7 Å². The van der Waals surface area contributed by atoms with Gasteiger partial charge in [-0.1, -0.05) is 26.2 Å². The highest BCUT2D eigenvalue weighted by Gasteiger charge is 2.41. The van der Waals surface area contributed by atoms with E-state index in [0.29, 0.717) is 12.6 Å². The third kappa shape index (κ3) is 4.46. The topological polar surface area (TPSA) is 43.8 Å². The molecule has 1 fully saturated rings. The largest absolute Gasteiger partial charge is 0.481 e. The van der Waals surface area contributed by atoms with Crippen LogP contribution in [0, 0.1) is 5.41 Å². The summed E-state index contributed by atoms with van der Waals surface area (Å²) in [6.45, 7) is 6.92. The summed E-state index contributed by atoms with van der Waals surface area (Å²) in [4.78, 5) is 16.2. The quantitative estimate of drug-likeness (QED) is 0.771. The van der Waals surface area contributed by atoms with Crippen LogP contribution in [0.2, 0.25) is 0 Å². The first-order valence-electron chi connectivity index (χ1n) is 7.53. The second kappa shape index (κ2) is 7.25. The number of hydrogen-bond acceptors (Lipinski definition) is 3. The second-order valence-corrected chi connectivity index (χ2v) is 6.32. The Morgan fingerprint density at radius 2 is 1.84 bits per heavy atom. The molecule has 4 heteroatoms. The molecule has 0 aromatic heterocycles. The average Bonchev–Trinajstić information content (AvgIpc) is 2.36. The molecular formula is C15H30N2O2. The minimum Gasteiger partial charge on any atom is -0.481 e. The van der Waals surface area contributed by atoms with Gasteiger partial charge in [0.05, 0.1) is 5.41 Å². The predicted molar refractivity (Wildman–Crippen MR) is 78.4 cm³/mol. The van der Waals surface area contributed by atoms with Crippen LogP contribution in [0.25, 0.3) is 0 Å². The molecular weight excluding hydrogens is 240 g/mol. The van der Waals surface area contributed by atoms with Gasteiger partial charge in [0, 0.05) is 19.1 Å². The van der Waals surface area contributed by atoms with Crippen LogP contribution in [0.15, 0.2) is 0 Å². The molecule has 0 aromatic rings. The Morgan fingerprint density at radius 3 is 2.26 bits per heavy atom. The number of rotatable bonds is 7. The molecule has 0 amide bonds. The molecule has 1 aliphatic rings. The van der Waals surface area contributed by atoms with Crippen LogP contribution in [-0.2, 0) is 4.79 Å². The van der Waals surface area contributed by atoms with Gasteiger partial charge in [-0.2, -0.15) is 0 Å². The minimum absolute atomic E-state index is 0.401. The Hall–Kier alpha value is -0.610. The van der Waals surface area contributed by atoms with Gasteiger partial charge in [0.1, 0.15) is 0 Å². The van der Waals surface area contributed by atoms with Crippen molar-refractivity contribution in [3.8, 4) is 0 Å². The molecule has 112 valence electrons. The summed E-state index contributed by atoms with van der Waals surface area (Å²) in [5, 5.41) is 9.66. The van der Waals surface area contributed by atoms with Crippen LogP contribution in [0.5, 0.6) is 0 Å². The summed E-state index contributed by atoms with van der Waals surface area (Å²) >= 11 is 0. The van der Waals surface area contributed by atoms with Gasteiger partial charge < -0.3 is 10.0 Å². The Labute approximate surface area is 117 Å². The number of nitrogens with zero attached hydrogens (tertiary/aromatic N) is 2. The summed E-state index contributed by atoms with van der Waals surface area (Å²) in [6, 6.07) is 0.401. The van der Waals surface area contributed by atoms with Crippen molar-refractivity contribution in [1.82, 2.24) is 9.80 Å². The Morgan fingerprint density at radius 1 is 1.26 bits per heavy atom. The van der Waals surface area contributed by atoms with Gasteiger partial charge in [-0.15, -0.1) is 0 Å². The fraction of sp³-hybridized carbons (Fsp3) is 0.933. The van der Waals surface area contributed by atoms with Gasteiger partial charge in [-0.3, -0.25) is 9.69 Å². The predicted octanol–water partition coefficient (Wildman–Crippen LogP) is 2.29. The monoisotopic (exact) mass is 270 g/mol. The Balaban J connectivity index is 2.72. The molecule has 4 nitrogen and oxygen atoms in total. The maximum absolute atomic E-state index is 11.7. The van der Waals surface area contributed by atoms with Gasteiger partial charge in [0.25, 0.3) is 0 Å². The molecule has 1 aliphatic carbocycles. The molecule has 1 saturated carbocycles. The fourth-order valence-electron chi connectivity index (χ4n) is 3.28. The first kappa shape index (κ1) is 16.4. The molecule has 1 unspecified atom stereocenters. The van der Waals surface area contributed by atoms with Gasteiger partial charge >= 0.3 is 5.97 Å². The summed E-state index contributed by atoms with van der Waals surface area (Å²) < 4.78 is 0. The maximum Gasteiger partial charge on any atom is 0.310 e. The number of likely N-dealkylation sites (N-methyl/N-ethyl adjacent to an activating group) is 2. The molecule has 0 aromatic carbocycles. The van der Waals surface area contributed by atoms with Crippen molar-refractivity contribution in [3.63, 3.8) is 0 Å². The van der Waals surface area contributed by atoms with E-state index in [-0.39, 0.29) is 0 Å². The summed E-state index contributed by atoms with van der Waals surface area (Å²) in [6.07, 6.45) is 4.99. The summed E-state index contributed by atoms with van der Waals surface area (Å²) in [5.41, 5.74) is -0.505. The van der Waals surface area contributed by atoms with E-state index in [0.717, 1.165) is 38.8 Å². The molecule has 0 spiro atoms. The van der Waals surface area contributed by atoms with Crippen molar-refractivity contribution < 1.29 is 9.90 Å². The van der Waals surface area contributed by atoms with E-state index >= 15 is 0 Å². The fourth-order valence-corrected chi connectivity index (χ4v) is 3.28. The number of aliphatic carboxylic acids is 1. The van der Waals surface area contributed by atoms with Crippen LogP contribution in [-0.4, -0.2) is 60.6 Å². The first-order chi connectivity index (χ1) is 8.91. The van der Waals surface area contributed by atoms with Crippen LogP contribution in [0.3, 0.4) is 0 Å². The van der Waals surface area contributed by atoms with Crippen LogP contribution in [0.4, 0.5) is 0 Å². The molecule has 1 atom stereocenters. The molecule has 0 radical (unpaired) electrons. The normalized spacial score (nSPS) is 20.7. The second-order valence-electron chi connectivity index (χ2n) is 6.32. The smallest absolute Gasteiger partial charge is 0.310 e. The van der Waals surface area contributed by atoms with Crippen molar-refractivity contribution in [1.29, 1.82) is 0 Å². The zero-order valence-corrected chi connectivity index (χ0v) is 13.0. The molecule has 0 saturated heterocycles. The Kier molecular flexibility index (Phi) is 6.27. The lowest BCUT2D eigenvalue weighted by Crippen LogP contribution is -2.49. The SMILES string of the molecule is CCN(CC1(C(=O)O)CCCCC1)C(C)CN(C)C. The third-order valence-corrected chi connectivity index (χ3v) is 4.43. The van der Waals surface area contributed by atoms with E-state index < -0.39 is 11.4 Å². The number of hydrogen-bond donors (Lipinski definition) is 1. The lowest BCUT2D eigenvalue weighted by atomic mass is 9.73. The maximum atomic E-state index is 11.7. The molecule has 1 N–H and O–H groups in total. The lowest BCUT2D eigenvalue weighted by molar-refractivity contribution is -0.153. The molecule has 0 bridgehead atoms. The summed E-state index contributed by atoms with van der Waals surface area (Å²) in [7, 11) is 4.13. The molecule has 0 heterocycles. The average molecular weight is 270 g/mol. The van der Waals surface area contributed by atoms with Crippen molar-refractivity contribution >= 4 is 5.97 Å². The van der Waals surface area contributed by atoms with E-state index in [4.69, 9.17) is 0 Å². The van der Waals surface area contributed by atoms with Crippen LogP contribution >= 0.6 is 0 Å². The van der Waals surface area contributed by atoms with Crippen molar-refractivity contribution in [2.75, 3.05) is 33.7 Å². The number of carbonyl (C=O) groups is 1. The van der Waals surface area contributed by atoms with E-state index in [1.165, 1.54) is 6.42 Å². The highest BCUT2D eigenvalue weighted by atomic mass is 16.4. The Bertz CT molecular complexity index is 286. The zero-order valence-electron chi connectivity index (χ0n) is 13.0. The summed E-state index contributed by atoms with van der Waals surface area (Å²) in [5.74, 6) is -0.595. The van der Waals surface area contributed by atoms with E-state index in [1.54, 1.807) is 0 Å². The molecule has 0 aliphatic heterocycles. The van der Waals surface area contributed by atoms with E-state index in [1.807, 2.05) is 0 Å². The highest BCUT2D eigenvalue weighted by Crippen LogP contribution is 2.37. The van der Waals surface area contributed by atoms with Crippen LogP contribution < -0.4 is 0 Å². The first-order valence-corrected chi connectivity index (χ1v) is 7.53. The standard InChI is InChI=1S/C15H30N2O2/c1-5-17(13(2)11-16(3)4)12-15(14(18)19)9-7-6-8-10-15/h13H,5-12H2,1-4H3,(H,18,19). The zero-order chi connectivity index (χ0) is 14.5. The van der Waals surface area contributed by atoms with Crippen molar-refractivity contribution in [2.45, 2.75) is 52.0 Å². The number of carboxylic acids is 1. The van der Waals surface area contributed by atoms with Gasteiger partial charge in [-0.25, -0.2) is 0 Å². The van der Waals surface area contributed by atoms with E-state index in [9.17, 15) is 9.90 Å². The van der Waals surface area contributed by atoms with Crippen molar-refractivity contribution in [2.24, 2.45) is 5.41 Å². The van der Waals surface area contributed by atoms with Gasteiger partial charge in [0.2, 0.25) is 0 Å². The lowest BCUT2D eigenvalue weighted by Gasteiger charge is -2.40. The highest BCUT2D eigenvalue weighted by molar-refractivity contribution is 5.75. The molecule has 1 rings (SSSR count). The number of carboxylic acid groups (broad SMARTS) is 1. The van der Waals surface area contributed by atoms with Gasteiger partial charge in [0.15, 0.2) is 0 Å².